The summed E-state index contributed by atoms with van der Waals surface area (Å²) < 4.78 is 17.9. The quantitative estimate of drug-likeness (QED) is 0.806. The minimum Gasteiger partial charge on any atom is -0.380 e. The lowest BCUT2D eigenvalue weighted by Gasteiger charge is -2.11. The van der Waals surface area contributed by atoms with Gasteiger partial charge in [-0.1, -0.05) is 6.07 Å². The SMILES string of the molecule is COC(C)CNCc1ccc(F)cc1C. The average Bonchev–Trinajstić information content (AvgIpc) is 2.21. The van der Waals surface area contributed by atoms with Crippen LogP contribution in [-0.4, -0.2) is 19.8 Å². The Bertz CT molecular complexity index is 314. The largest absolute Gasteiger partial charge is 0.380 e. The van der Waals surface area contributed by atoms with E-state index in [2.05, 4.69) is 5.32 Å². The van der Waals surface area contributed by atoms with Crippen LogP contribution in [0.15, 0.2) is 18.2 Å². The number of hydrogen-bond donors (Lipinski definition) is 1. The zero-order valence-corrected chi connectivity index (χ0v) is 9.51. The van der Waals surface area contributed by atoms with Gasteiger partial charge in [-0.25, -0.2) is 4.39 Å². The summed E-state index contributed by atoms with van der Waals surface area (Å²) in [7, 11) is 1.69. The summed E-state index contributed by atoms with van der Waals surface area (Å²) >= 11 is 0. The van der Waals surface area contributed by atoms with Gasteiger partial charge in [-0.2, -0.15) is 0 Å². The molecule has 2 nitrogen and oxygen atoms in total. The van der Waals surface area contributed by atoms with Crippen molar-refractivity contribution in [3.63, 3.8) is 0 Å². The molecular weight excluding hydrogens is 193 g/mol. The highest BCUT2D eigenvalue weighted by atomic mass is 19.1. The smallest absolute Gasteiger partial charge is 0.123 e. The molecule has 0 aromatic heterocycles. The lowest BCUT2D eigenvalue weighted by molar-refractivity contribution is 0.117. The first-order chi connectivity index (χ1) is 7.13. The highest BCUT2D eigenvalue weighted by Gasteiger charge is 2.01. The summed E-state index contributed by atoms with van der Waals surface area (Å²) in [4.78, 5) is 0. The van der Waals surface area contributed by atoms with Crippen molar-refractivity contribution in [2.45, 2.75) is 26.5 Å². The van der Waals surface area contributed by atoms with Crippen LogP contribution < -0.4 is 5.32 Å². The molecule has 0 aliphatic rings. The Morgan fingerprint density at radius 1 is 1.47 bits per heavy atom. The van der Waals surface area contributed by atoms with E-state index in [9.17, 15) is 4.39 Å². The molecule has 1 atom stereocenters. The van der Waals surface area contributed by atoms with E-state index in [1.807, 2.05) is 19.9 Å². The van der Waals surface area contributed by atoms with Gasteiger partial charge >= 0.3 is 0 Å². The molecule has 0 saturated heterocycles. The molecule has 1 N–H and O–H groups in total. The molecule has 1 aromatic rings. The first-order valence-corrected chi connectivity index (χ1v) is 5.12. The van der Waals surface area contributed by atoms with Crippen LogP contribution in [0.3, 0.4) is 0 Å². The molecule has 0 amide bonds. The number of rotatable bonds is 5. The summed E-state index contributed by atoms with van der Waals surface area (Å²) in [6.45, 7) is 5.47. The second-order valence-corrected chi connectivity index (χ2v) is 3.75. The van der Waals surface area contributed by atoms with E-state index >= 15 is 0 Å². The van der Waals surface area contributed by atoms with Crippen LogP contribution in [-0.2, 0) is 11.3 Å². The molecule has 84 valence electrons. The van der Waals surface area contributed by atoms with Gasteiger partial charge in [-0.3, -0.25) is 0 Å². The molecule has 0 spiro atoms. The maximum atomic E-state index is 12.8. The van der Waals surface area contributed by atoms with Gasteiger partial charge < -0.3 is 10.1 Å². The van der Waals surface area contributed by atoms with Crippen LogP contribution in [0, 0.1) is 12.7 Å². The maximum Gasteiger partial charge on any atom is 0.123 e. The molecule has 3 heteroatoms. The fraction of sp³-hybridized carbons (Fsp3) is 0.500. The first-order valence-electron chi connectivity index (χ1n) is 5.12. The third-order valence-corrected chi connectivity index (χ3v) is 2.45. The third kappa shape index (κ3) is 3.98. The van der Waals surface area contributed by atoms with Crippen molar-refractivity contribution in [2.24, 2.45) is 0 Å². The van der Waals surface area contributed by atoms with Gasteiger partial charge in [0.1, 0.15) is 5.82 Å². The molecule has 1 unspecified atom stereocenters. The lowest BCUT2D eigenvalue weighted by Crippen LogP contribution is -2.25. The van der Waals surface area contributed by atoms with Crippen molar-refractivity contribution < 1.29 is 9.13 Å². The maximum absolute atomic E-state index is 12.8. The van der Waals surface area contributed by atoms with Gasteiger partial charge in [0.15, 0.2) is 0 Å². The van der Waals surface area contributed by atoms with Crippen LogP contribution in [0.4, 0.5) is 4.39 Å². The summed E-state index contributed by atoms with van der Waals surface area (Å²) in [6, 6.07) is 4.86. The summed E-state index contributed by atoms with van der Waals surface area (Å²) in [5, 5.41) is 3.27. The van der Waals surface area contributed by atoms with Crippen molar-refractivity contribution in [1.29, 1.82) is 0 Å². The number of aryl methyl sites for hydroxylation is 1. The summed E-state index contributed by atoms with van der Waals surface area (Å²) in [5.74, 6) is -0.179. The Labute approximate surface area is 90.4 Å². The van der Waals surface area contributed by atoms with Gasteiger partial charge in [-0.15, -0.1) is 0 Å². The van der Waals surface area contributed by atoms with Crippen molar-refractivity contribution in [3.8, 4) is 0 Å². The Morgan fingerprint density at radius 2 is 2.20 bits per heavy atom. The fourth-order valence-electron chi connectivity index (χ4n) is 1.35. The normalized spacial score (nSPS) is 12.8. The lowest BCUT2D eigenvalue weighted by atomic mass is 10.1. The molecule has 0 heterocycles. The van der Waals surface area contributed by atoms with E-state index in [-0.39, 0.29) is 11.9 Å². The second kappa shape index (κ2) is 5.83. The van der Waals surface area contributed by atoms with Gasteiger partial charge in [0, 0.05) is 20.2 Å². The van der Waals surface area contributed by atoms with Crippen LogP contribution in [0.25, 0.3) is 0 Å². The highest BCUT2D eigenvalue weighted by molar-refractivity contribution is 5.26. The first kappa shape index (κ1) is 12.1. The van der Waals surface area contributed by atoms with E-state index in [4.69, 9.17) is 4.74 Å². The molecule has 15 heavy (non-hydrogen) atoms. The summed E-state index contributed by atoms with van der Waals surface area (Å²) in [6.07, 6.45) is 0.200. The number of hydrogen-bond acceptors (Lipinski definition) is 2. The predicted octanol–water partition coefficient (Wildman–Crippen LogP) is 2.26. The van der Waals surface area contributed by atoms with Crippen molar-refractivity contribution in [1.82, 2.24) is 5.32 Å². The number of halogens is 1. The number of methoxy groups -OCH3 is 1. The predicted molar refractivity (Wildman–Crippen MR) is 59.3 cm³/mol. The van der Waals surface area contributed by atoms with E-state index < -0.39 is 0 Å². The Balaban J connectivity index is 2.44. The average molecular weight is 211 g/mol. The zero-order chi connectivity index (χ0) is 11.3. The molecule has 0 aliphatic heterocycles. The number of benzene rings is 1. The van der Waals surface area contributed by atoms with E-state index in [0.29, 0.717) is 0 Å². The van der Waals surface area contributed by atoms with Crippen molar-refractivity contribution >= 4 is 0 Å². The van der Waals surface area contributed by atoms with E-state index in [1.165, 1.54) is 6.07 Å². The minimum absolute atomic E-state index is 0.179. The van der Waals surface area contributed by atoms with Crippen LogP contribution >= 0.6 is 0 Å². The van der Waals surface area contributed by atoms with E-state index in [0.717, 1.165) is 24.2 Å². The fourth-order valence-corrected chi connectivity index (χ4v) is 1.35. The molecule has 1 aromatic carbocycles. The Kier molecular flexibility index (Phi) is 4.72. The Morgan fingerprint density at radius 3 is 2.80 bits per heavy atom. The molecule has 0 fully saturated rings. The second-order valence-electron chi connectivity index (χ2n) is 3.75. The Hall–Kier alpha value is -0.930. The topological polar surface area (TPSA) is 21.3 Å². The van der Waals surface area contributed by atoms with Crippen LogP contribution in [0.2, 0.25) is 0 Å². The van der Waals surface area contributed by atoms with Gasteiger partial charge in [0.2, 0.25) is 0 Å². The third-order valence-electron chi connectivity index (χ3n) is 2.45. The zero-order valence-electron chi connectivity index (χ0n) is 9.51. The van der Waals surface area contributed by atoms with Gasteiger partial charge in [0.25, 0.3) is 0 Å². The van der Waals surface area contributed by atoms with Gasteiger partial charge in [-0.05, 0) is 37.1 Å². The minimum atomic E-state index is -0.179. The highest BCUT2D eigenvalue weighted by Crippen LogP contribution is 2.09. The number of nitrogens with one attached hydrogen (secondary N) is 1. The standard InChI is InChI=1S/C12H18FNO/c1-9-6-12(13)5-4-11(9)8-14-7-10(2)15-3/h4-6,10,14H,7-8H2,1-3H3. The monoisotopic (exact) mass is 211 g/mol. The summed E-state index contributed by atoms with van der Waals surface area (Å²) in [5.41, 5.74) is 2.10. The van der Waals surface area contributed by atoms with Crippen LogP contribution in [0.1, 0.15) is 18.1 Å². The van der Waals surface area contributed by atoms with Crippen LogP contribution in [0.5, 0.6) is 0 Å². The van der Waals surface area contributed by atoms with Crippen molar-refractivity contribution in [2.75, 3.05) is 13.7 Å². The molecule has 1 rings (SSSR count). The van der Waals surface area contributed by atoms with Gasteiger partial charge in [0.05, 0.1) is 6.10 Å². The van der Waals surface area contributed by atoms with E-state index in [1.54, 1.807) is 13.2 Å². The molecular formula is C12H18FNO. The molecule has 0 aliphatic carbocycles. The van der Waals surface area contributed by atoms with Crippen molar-refractivity contribution in [3.05, 3.63) is 35.1 Å². The molecule has 0 bridgehead atoms. The molecule has 0 radical (unpaired) electrons. The molecule has 0 saturated carbocycles. The number of ether oxygens (including phenoxy) is 1.